The molecule has 288 valence electrons. The molecule has 4 rings (SSSR count). The molecule has 3 aromatic carbocycles. The Balaban J connectivity index is 1.40. The van der Waals surface area contributed by atoms with Gasteiger partial charge in [0, 0.05) is 11.3 Å². The van der Waals surface area contributed by atoms with Gasteiger partial charge in [0.25, 0.3) is 5.91 Å². The lowest BCUT2D eigenvalue weighted by Gasteiger charge is -2.17. The van der Waals surface area contributed by atoms with Gasteiger partial charge in [0.2, 0.25) is 5.16 Å². The molecule has 13 heteroatoms. The number of carbonyl (C=O) groups excluding carboxylic acids is 4. The SMILES string of the molecule is CCCCCCCCCCCCOC(=O)c1ccc(Cl)c(NC(=O)C(C(=O)c2ccc(OC)cc2)n2cnc(SCc3ccc(C(=O)OCC)cc3)n2)c1. The summed E-state index contributed by atoms with van der Waals surface area (Å²) in [4.78, 5) is 57.1. The number of anilines is 1. The Hall–Kier alpha value is -4.68. The topological polar surface area (TPSA) is 139 Å². The molecule has 1 unspecified atom stereocenters. The monoisotopic (exact) mass is 776 g/mol. The van der Waals surface area contributed by atoms with Gasteiger partial charge in [-0.1, -0.05) is 100 Å². The molecule has 0 aliphatic rings. The standard InChI is InChI=1S/C41H49ClN4O7S/c1-4-6-7-8-9-10-11-12-13-14-25-53-40(50)32-21-24-34(42)35(26-32)44-38(48)36(37(47)30-19-22-33(51-3)23-20-30)46-28-43-41(45-46)54-27-29-15-17-31(18-16-29)39(49)52-5-2/h15-24,26,28,36H,4-14,25,27H2,1-3H3,(H,44,48). The van der Waals surface area contributed by atoms with E-state index >= 15 is 0 Å². The summed E-state index contributed by atoms with van der Waals surface area (Å²) in [7, 11) is 1.52. The molecule has 0 saturated carbocycles. The van der Waals surface area contributed by atoms with Crippen molar-refractivity contribution in [2.75, 3.05) is 25.6 Å². The van der Waals surface area contributed by atoms with Crippen LogP contribution in [-0.2, 0) is 20.0 Å². The average Bonchev–Trinajstić information content (AvgIpc) is 3.65. The van der Waals surface area contributed by atoms with Crippen LogP contribution in [0.15, 0.2) is 78.2 Å². The third-order valence-electron chi connectivity index (χ3n) is 8.65. The van der Waals surface area contributed by atoms with Gasteiger partial charge in [-0.05, 0) is 73.5 Å². The van der Waals surface area contributed by atoms with E-state index in [1.54, 1.807) is 43.3 Å². The number of hydrogen-bond donors (Lipinski definition) is 1. The zero-order valence-corrected chi connectivity index (χ0v) is 32.8. The van der Waals surface area contributed by atoms with Crippen molar-refractivity contribution >= 4 is 52.7 Å². The zero-order valence-electron chi connectivity index (χ0n) is 31.2. The maximum Gasteiger partial charge on any atom is 0.338 e. The van der Waals surface area contributed by atoms with Crippen LogP contribution in [0.3, 0.4) is 0 Å². The Morgan fingerprint density at radius 2 is 1.39 bits per heavy atom. The van der Waals surface area contributed by atoms with Gasteiger partial charge in [0.15, 0.2) is 11.8 Å². The molecule has 54 heavy (non-hydrogen) atoms. The Labute approximate surface area is 326 Å². The molecule has 0 saturated heterocycles. The number of nitrogens with one attached hydrogen (secondary N) is 1. The Bertz CT molecular complexity index is 1810. The van der Waals surface area contributed by atoms with Gasteiger partial charge in [-0.25, -0.2) is 19.3 Å². The van der Waals surface area contributed by atoms with E-state index in [2.05, 4.69) is 22.3 Å². The van der Waals surface area contributed by atoms with Crippen LogP contribution in [0, 0.1) is 0 Å². The van der Waals surface area contributed by atoms with Gasteiger partial charge < -0.3 is 19.5 Å². The fourth-order valence-electron chi connectivity index (χ4n) is 5.61. The van der Waals surface area contributed by atoms with E-state index in [1.165, 1.54) is 93.0 Å². The van der Waals surface area contributed by atoms with Crippen molar-refractivity contribution in [2.45, 2.75) is 95.0 Å². The molecular formula is C41H49ClN4O7S. The first kappa shape index (κ1) is 42.1. The van der Waals surface area contributed by atoms with Gasteiger partial charge in [-0.3, -0.25) is 9.59 Å². The van der Waals surface area contributed by atoms with E-state index in [-0.39, 0.29) is 28.4 Å². The van der Waals surface area contributed by atoms with Crippen molar-refractivity contribution in [3.05, 3.63) is 100 Å². The van der Waals surface area contributed by atoms with Crippen LogP contribution in [-0.4, -0.2) is 58.7 Å². The van der Waals surface area contributed by atoms with Crippen molar-refractivity contribution in [1.29, 1.82) is 0 Å². The smallest absolute Gasteiger partial charge is 0.338 e. The molecule has 11 nitrogen and oxygen atoms in total. The van der Waals surface area contributed by atoms with E-state index in [1.807, 2.05) is 12.1 Å². The Morgan fingerprint density at radius 3 is 2.04 bits per heavy atom. The van der Waals surface area contributed by atoms with Crippen LogP contribution in [0.5, 0.6) is 5.75 Å². The number of esters is 2. The number of aromatic nitrogens is 3. The van der Waals surface area contributed by atoms with Crippen LogP contribution in [0.2, 0.25) is 5.02 Å². The molecular weight excluding hydrogens is 728 g/mol. The molecule has 0 radical (unpaired) electrons. The minimum Gasteiger partial charge on any atom is -0.497 e. The highest BCUT2D eigenvalue weighted by Gasteiger charge is 2.32. The fraction of sp³-hybridized carbons (Fsp3) is 0.415. The summed E-state index contributed by atoms with van der Waals surface area (Å²) in [6.45, 7) is 4.56. The molecule has 1 atom stereocenters. The number of thioether (sulfide) groups is 1. The molecule has 1 heterocycles. The second kappa shape index (κ2) is 22.5. The van der Waals surface area contributed by atoms with Crippen molar-refractivity contribution in [2.24, 2.45) is 0 Å². The summed E-state index contributed by atoms with van der Waals surface area (Å²) < 4.78 is 17.0. The minimum absolute atomic E-state index is 0.142. The molecule has 0 aliphatic heterocycles. The maximum absolute atomic E-state index is 13.9. The highest BCUT2D eigenvalue weighted by Crippen LogP contribution is 2.27. The van der Waals surface area contributed by atoms with Gasteiger partial charge in [0.1, 0.15) is 12.1 Å². The number of amides is 1. The molecule has 0 aliphatic carbocycles. The van der Waals surface area contributed by atoms with Crippen LogP contribution >= 0.6 is 23.4 Å². The molecule has 0 fully saturated rings. The summed E-state index contributed by atoms with van der Waals surface area (Å²) >= 11 is 7.76. The number of rotatable bonds is 23. The number of Topliss-reactive ketones (excluding diaryl/α,β-unsaturated/α-hetero) is 1. The molecule has 1 aromatic heterocycles. The van der Waals surface area contributed by atoms with E-state index in [9.17, 15) is 19.2 Å². The summed E-state index contributed by atoms with van der Waals surface area (Å²) in [6, 6.07) is 16.4. The molecule has 0 bridgehead atoms. The Morgan fingerprint density at radius 1 is 0.778 bits per heavy atom. The predicted octanol–water partition coefficient (Wildman–Crippen LogP) is 9.55. The van der Waals surface area contributed by atoms with Crippen molar-refractivity contribution in [1.82, 2.24) is 14.8 Å². The fourth-order valence-corrected chi connectivity index (χ4v) is 6.53. The summed E-state index contributed by atoms with van der Waals surface area (Å²) in [5.74, 6) is -1.19. The number of hydrogen-bond acceptors (Lipinski definition) is 10. The van der Waals surface area contributed by atoms with Gasteiger partial charge >= 0.3 is 11.9 Å². The number of ether oxygens (including phenoxy) is 3. The van der Waals surface area contributed by atoms with Gasteiger partial charge in [0.05, 0.1) is 42.2 Å². The van der Waals surface area contributed by atoms with Gasteiger partial charge in [-0.2, -0.15) is 0 Å². The number of halogens is 1. The average molecular weight is 777 g/mol. The highest BCUT2D eigenvalue weighted by molar-refractivity contribution is 7.98. The molecule has 1 N–H and O–H groups in total. The largest absolute Gasteiger partial charge is 0.497 e. The van der Waals surface area contributed by atoms with Gasteiger partial charge in [-0.15, -0.1) is 5.10 Å². The first-order chi connectivity index (χ1) is 26.2. The second-order valence-electron chi connectivity index (χ2n) is 12.7. The molecule has 4 aromatic rings. The summed E-state index contributed by atoms with van der Waals surface area (Å²) in [5, 5.41) is 7.69. The lowest BCUT2D eigenvalue weighted by Crippen LogP contribution is -2.33. The van der Waals surface area contributed by atoms with Crippen LogP contribution in [0.1, 0.15) is 121 Å². The summed E-state index contributed by atoms with van der Waals surface area (Å²) in [6.07, 6.45) is 13.1. The number of benzene rings is 3. The lowest BCUT2D eigenvalue weighted by molar-refractivity contribution is -0.118. The van der Waals surface area contributed by atoms with E-state index in [0.29, 0.717) is 28.8 Å². The first-order valence-electron chi connectivity index (χ1n) is 18.5. The second-order valence-corrected chi connectivity index (χ2v) is 14.1. The maximum atomic E-state index is 13.9. The number of ketones is 1. The number of nitrogens with zero attached hydrogens (tertiary/aromatic N) is 3. The number of carbonyl (C=O) groups is 4. The van der Waals surface area contributed by atoms with Crippen LogP contribution in [0.4, 0.5) is 5.69 Å². The van der Waals surface area contributed by atoms with Crippen molar-refractivity contribution < 1.29 is 33.4 Å². The zero-order chi connectivity index (χ0) is 38.7. The Kier molecular flexibility index (Phi) is 17.5. The predicted molar refractivity (Wildman–Crippen MR) is 211 cm³/mol. The first-order valence-corrected chi connectivity index (χ1v) is 19.9. The number of unbranched alkanes of at least 4 members (excludes halogenated alkanes) is 9. The lowest BCUT2D eigenvalue weighted by atomic mass is 10.0. The van der Waals surface area contributed by atoms with E-state index < -0.39 is 29.7 Å². The normalized spacial score (nSPS) is 11.5. The summed E-state index contributed by atoms with van der Waals surface area (Å²) in [5.41, 5.74) is 1.96. The highest BCUT2D eigenvalue weighted by atomic mass is 35.5. The molecule has 0 spiro atoms. The van der Waals surface area contributed by atoms with Crippen molar-refractivity contribution in [3.8, 4) is 5.75 Å². The quantitative estimate of drug-likeness (QED) is 0.0255. The van der Waals surface area contributed by atoms with Crippen molar-refractivity contribution in [3.63, 3.8) is 0 Å². The van der Waals surface area contributed by atoms with E-state index in [0.717, 1.165) is 24.8 Å². The molecule has 1 amide bonds. The third-order valence-corrected chi connectivity index (χ3v) is 9.90. The number of methoxy groups -OCH3 is 1. The van der Waals surface area contributed by atoms with Crippen LogP contribution < -0.4 is 10.1 Å². The van der Waals surface area contributed by atoms with Crippen LogP contribution in [0.25, 0.3) is 0 Å². The third kappa shape index (κ3) is 13.0. The van der Waals surface area contributed by atoms with E-state index in [4.69, 9.17) is 25.8 Å². The minimum atomic E-state index is -1.47.